The Morgan fingerprint density at radius 3 is 2.79 bits per heavy atom. The van der Waals surface area contributed by atoms with Crippen molar-refractivity contribution in [2.45, 2.75) is 63.0 Å². The molecule has 1 aromatic rings. The number of aryl methyl sites for hydroxylation is 1. The van der Waals surface area contributed by atoms with Crippen molar-refractivity contribution in [3.8, 4) is 5.75 Å². The van der Waals surface area contributed by atoms with Gasteiger partial charge in [0.05, 0.1) is 12.2 Å². The molecule has 0 saturated heterocycles. The van der Waals surface area contributed by atoms with Gasteiger partial charge in [0, 0.05) is 24.1 Å². The van der Waals surface area contributed by atoms with Crippen LogP contribution in [0, 0.1) is 18.8 Å². The molecule has 29 heavy (non-hydrogen) atoms. The van der Waals surface area contributed by atoms with E-state index in [-0.39, 0.29) is 29.4 Å². The number of benzene rings is 1. The second kappa shape index (κ2) is 11.4. The molecule has 0 heterocycles. The summed E-state index contributed by atoms with van der Waals surface area (Å²) in [6.07, 6.45) is 9.47. The standard InChI is InChI=1S/C23H31ClO5/c1-15-12-16(8-11-21(15)26)13-17(25)9-10-19-18(20(24)14-22(19)27)6-4-2-3-5-7-23(28)29/h2,4,8-12,17-20,22,25-27H,3,5-7,13-14H2,1H3,(H,28,29)/t17-,18+,19+,20+,22+/m0/s1. The molecule has 160 valence electrons. The maximum Gasteiger partial charge on any atom is 0.303 e. The Morgan fingerprint density at radius 2 is 2.10 bits per heavy atom. The first-order valence-corrected chi connectivity index (χ1v) is 10.6. The van der Waals surface area contributed by atoms with E-state index in [1.807, 2.05) is 31.2 Å². The van der Waals surface area contributed by atoms with E-state index in [1.54, 1.807) is 18.2 Å². The van der Waals surface area contributed by atoms with Gasteiger partial charge in [-0.3, -0.25) is 4.79 Å². The van der Waals surface area contributed by atoms with E-state index in [0.717, 1.165) is 11.1 Å². The van der Waals surface area contributed by atoms with Crippen molar-refractivity contribution in [2.24, 2.45) is 11.8 Å². The third-order valence-corrected chi connectivity index (χ3v) is 5.97. The molecular formula is C23H31ClO5. The first-order chi connectivity index (χ1) is 13.8. The highest BCUT2D eigenvalue weighted by molar-refractivity contribution is 6.21. The van der Waals surface area contributed by atoms with Crippen molar-refractivity contribution in [3.63, 3.8) is 0 Å². The maximum atomic E-state index is 10.5. The molecule has 1 aliphatic rings. The van der Waals surface area contributed by atoms with Gasteiger partial charge in [-0.2, -0.15) is 0 Å². The Labute approximate surface area is 177 Å². The first-order valence-electron chi connectivity index (χ1n) is 10.1. The molecule has 1 aromatic carbocycles. The number of phenols is 1. The molecule has 0 amide bonds. The summed E-state index contributed by atoms with van der Waals surface area (Å²) in [5, 5.41) is 38.8. The molecule has 0 aromatic heterocycles. The van der Waals surface area contributed by atoms with Crippen LogP contribution in [0.4, 0.5) is 0 Å². The van der Waals surface area contributed by atoms with Crippen LogP contribution in [0.5, 0.6) is 5.75 Å². The van der Waals surface area contributed by atoms with Crippen molar-refractivity contribution >= 4 is 17.6 Å². The predicted molar refractivity (Wildman–Crippen MR) is 114 cm³/mol. The highest BCUT2D eigenvalue weighted by Crippen LogP contribution is 2.39. The number of aliphatic hydroxyl groups is 2. The number of allylic oxidation sites excluding steroid dienone is 2. The zero-order valence-electron chi connectivity index (χ0n) is 16.7. The summed E-state index contributed by atoms with van der Waals surface area (Å²) >= 11 is 6.44. The normalized spacial score (nSPS) is 25.8. The largest absolute Gasteiger partial charge is 0.508 e. The van der Waals surface area contributed by atoms with Gasteiger partial charge < -0.3 is 20.4 Å². The molecule has 0 unspecified atom stereocenters. The molecule has 4 N–H and O–H groups in total. The lowest BCUT2D eigenvalue weighted by Gasteiger charge is -2.19. The minimum absolute atomic E-state index is 0.0711. The number of carboxylic acids is 1. The highest BCUT2D eigenvalue weighted by atomic mass is 35.5. The zero-order valence-corrected chi connectivity index (χ0v) is 17.5. The molecule has 0 spiro atoms. The van der Waals surface area contributed by atoms with Crippen LogP contribution >= 0.6 is 11.6 Å². The molecule has 0 aliphatic heterocycles. The highest BCUT2D eigenvalue weighted by Gasteiger charge is 2.39. The number of phenolic OH excluding ortho intramolecular Hbond substituents is 1. The van der Waals surface area contributed by atoms with E-state index in [2.05, 4.69) is 0 Å². The number of halogens is 1. The van der Waals surface area contributed by atoms with E-state index >= 15 is 0 Å². The summed E-state index contributed by atoms with van der Waals surface area (Å²) in [6.45, 7) is 1.82. The fourth-order valence-electron chi connectivity index (χ4n) is 3.82. The third-order valence-electron chi connectivity index (χ3n) is 5.47. The number of aliphatic hydroxyl groups excluding tert-OH is 2. The van der Waals surface area contributed by atoms with Crippen LogP contribution < -0.4 is 0 Å². The van der Waals surface area contributed by atoms with Crippen LogP contribution in [0.1, 0.15) is 43.2 Å². The fraction of sp³-hybridized carbons (Fsp3) is 0.522. The number of unbranched alkanes of at least 4 members (excludes halogenated alkanes) is 1. The monoisotopic (exact) mass is 422 g/mol. The molecule has 1 fully saturated rings. The Kier molecular flexibility index (Phi) is 9.21. The van der Waals surface area contributed by atoms with Gasteiger partial charge in [0.1, 0.15) is 5.75 Å². The predicted octanol–water partition coefficient (Wildman–Crippen LogP) is 3.97. The smallest absolute Gasteiger partial charge is 0.303 e. The van der Waals surface area contributed by atoms with Gasteiger partial charge in [0.25, 0.3) is 0 Å². The van der Waals surface area contributed by atoms with Gasteiger partial charge in [0.15, 0.2) is 0 Å². The quantitative estimate of drug-likeness (QED) is 0.260. The van der Waals surface area contributed by atoms with Crippen molar-refractivity contribution in [2.75, 3.05) is 0 Å². The average Bonchev–Trinajstić information content (AvgIpc) is 2.92. The number of aromatic hydroxyl groups is 1. The maximum absolute atomic E-state index is 10.5. The average molecular weight is 423 g/mol. The molecule has 2 rings (SSSR count). The van der Waals surface area contributed by atoms with Crippen LogP contribution in [0.2, 0.25) is 0 Å². The van der Waals surface area contributed by atoms with Gasteiger partial charge in [0.2, 0.25) is 0 Å². The lowest BCUT2D eigenvalue weighted by Crippen LogP contribution is -2.19. The summed E-state index contributed by atoms with van der Waals surface area (Å²) in [6, 6.07) is 5.26. The van der Waals surface area contributed by atoms with Crippen LogP contribution in [0.15, 0.2) is 42.5 Å². The summed E-state index contributed by atoms with van der Waals surface area (Å²) in [4.78, 5) is 10.5. The number of aliphatic carboxylic acids is 1. The lowest BCUT2D eigenvalue weighted by atomic mass is 9.90. The van der Waals surface area contributed by atoms with E-state index in [1.165, 1.54) is 0 Å². The topological polar surface area (TPSA) is 98.0 Å². The molecule has 5 atom stereocenters. The number of alkyl halides is 1. The second-order valence-electron chi connectivity index (χ2n) is 7.83. The SMILES string of the molecule is Cc1cc(C[C@@H](O)C=C[C@@H]2[C@@H](CC=CCCCC(=O)O)[C@H](Cl)C[C@H]2O)ccc1O. The first kappa shape index (κ1) is 23.5. The molecule has 5 nitrogen and oxygen atoms in total. The van der Waals surface area contributed by atoms with Gasteiger partial charge >= 0.3 is 5.97 Å². The summed E-state index contributed by atoms with van der Waals surface area (Å²) < 4.78 is 0. The van der Waals surface area contributed by atoms with Crippen LogP contribution in [-0.2, 0) is 11.2 Å². The van der Waals surface area contributed by atoms with E-state index in [9.17, 15) is 20.1 Å². The van der Waals surface area contributed by atoms with Crippen LogP contribution in [0.25, 0.3) is 0 Å². The van der Waals surface area contributed by atoms with Crippen molar-refractivity contribution in [3.05, 3.63) is 53.6 Å². The Morgan fingerprint density at radius 1 is 1.34 bits per heavy atom. The van der Waals surface area contributed by atoms with Gasteiger partial charge in [-0.1, -0.05) is 36.4 Å². The molecule has 6 heteroatoms. The van der Waals surface area contributed by atoms with Gasteiger partial charge in [-0.25, -0.2) is 0 Å². The van der Waals surface area contributed by atoms with Crippen LogP contribution in [0.3, 0.4) is 0 Å². The molecule has 1 saturated carbocycles. The summed E-state index contributed by atoms with van der Waals surface area (Å²) in [7, 11) is 0. The zero-order chi connectivity index (χ0) is 21.4. The summed E-state index contributed by atoms with van der Waals surface area (Å²) in [5.74, 6) is -0.608. The Balaban J connectivity index is 1.90. The second-order valence-corrected chi connectivity index (χ2v) is 8.39. The molecular weight excluding hydrogens is 392 g/mol. The number of rotatable bonds is 10. The number of carbonyl (C=O) groups is 1. The van der Waals surface area contributed by atoms with Crippen molar-refractivity contribution in [1.82, 2.24) is 0 Å². The number of hydrogen-bond donors (Lipinski definition) is 4. The van der Waals surface area contributed by atoms with Gasteiger partial charge in [-0.05, 0) is 55.7 Å². The lowest BCUT2D eigenvalue weighted by molar-refractivity contribution is -0.137. The van der Waals surface area contributed by atoms with Gasteiger partial charge in [-0.15, -0.1) is 11.6 Å². The molecule has 0 radical (unpaired) electrons. The minimum atomic E-state index is -0.788. The van der Waals surface area contributed by atoms with E-state index < -0.39 is 18.2 Å². The third kappa shape index (κ3) is 7.50. The fourth-order valence-corrected chi connectivity index (χ4v) is 4.27. The van der Waals surface area contributed by atoms with Crippen molar-refractivity contribution < 1.29 is 25.2 Å². The number of hydrogen-bond acceptors (Lipinski definition) is 4. The van der Waals surface area contributed by atoms with E-state index in [4.69, 9.17) is 16.7 Å². The van der Waals surface area contributed by atoms with E-state index in [0.29, 0.717) is 32.1 Å². The molecule has 0 bridgehead atoms. The Bertz CT molecular complexity index is 730. The Hall–Kier alpha value is -1.82. The summed E-state index contributed by atoms with van der Waals surface area (Å²) in [5.41, 5.74) is 1.70. The number of carboxylic acid groups (broad SMARTS) is 1. The van der Waals surface area contributed by atoms with Crippen LogP contribution in [-0.4, -0.2) is 44.0 Å². The minimum Gasteiger partial charge on any atom is -0.508 e. The van der Waals surface area contributed by atoms with Crippen molar-refractivity contribution in [1.29, 1.82) is 0 Å². The molecule has 1 aliphatic carbocycles.